The van der Waals surface area contributed by atoms with Crippen LogP contribution in [0, 0.1) is 5.92 Å². The van der Waals surface area contributed by atoms with E-state index >= 15 is 0 Å². The molecule has 0 fully saturated rings. The van der Waals surface area contributed by atoms with Gasteiger partial charge in [-0.25, -0.2) is 4.79 Å². The number of fused-ring (bicyclic) bond motifs is 1. The number of esters is 1. The fourth-order valence-corrected chi connectivity index (χ4v) is 4.40. The van der Waals surface area contributed by atoms with Crippen molar-refractivity contribution in [3.05, 3.63) is 46.3 Å². The van der Waals surface area contributed by atoms with E-state index in [9.17, 15) is 9.59 Å². The molecule has 1 N–H and O–H groups in total. The number of carbonyl (C=O) groups excluding carboxylic acids is 2. The summed E-state index contributed by atoms with van der Waals surface area (Å²) in [5.74, 6) is 0.527. The van der Waals surface area contributed by atoms with Gasteiger partial charge in [0.2, 0.25) is 0 Å². The molecule has 6 heteroatoms. The first-order chi connectivity index (χ1) is 12.1. The maximum Gasteiger partial charge on any atom is 0.341 e. The Bertz CT molecular complexity index is 769. The second-order valence-corrected chi connectivity index (χ2v) is 7.30. The van der Waals surface area contributed by atoms with Crippen LogP contribution in [0.4, 0.5) is 5.00 Å². The highest BCUT2D eigenvalue weighted by molar-refractivity contribution is 7.17. The van der Waals surface area contributed by atoms with E-state index in [1.807, 2.05) is 18.2 Å². The van der Waals surface area contributed by atoms with Crippen LogP contribution >= 0.6 is 11.3 Å². The molecule has 5 nitrogen and oxygen atoms in total. The maximum absolute atomic E-state index is 12.2. The van der Waals surface area contributed by atoms with Gasteiger partial charge in [0.15, 0.2) is 6.61 Å². The molecule has 2 aromatic rings. The zero-order valence-corrected chi connectivity index (χ0v) is 15.2. The summed E-state index contributed by atoms with van der Waals surface area (Å²) in [5, 5.41) is 3.38. The van der Waals surface area contributed by atoms with Crippen LogP contribution in [-0.4, -0.2) is 25.6 Å². The summed E-state index contributed by atoms with van der Waals surface area (Å²) in [5.41, 5.74) is 1.52. The van der Waals surface area contributed by atoms with Crippen molar-refractivity contribution < 1.29 is 19.1 Å². The van der Waals surface area contributed by atoms with E-state index in [0.717, 1.165) is 24.8 Å². The topological polar surface area (TPSA) is 64.6 Å². The lowest BCUT2D eigenvalue weighted by atomic mass is 9.88. The van der Waals surface area contributed by atoms with Gasteiger partial charge >= 0.3 is 5.97 Å². The van der Waals surface area contributed by atoms with Crippen molar-refractivity contribution >= 4 is 28.2 Å². The molecule has 0 radical (unpaired) electrons. The van der Waals surface area contributed by atoms with Crippen molar-refractivity contribution in [1.29, 1.82) is 0 Å². The fraction of sp³-hybridized carbons (Fsp3) is 0.368. The minimum atomic E-state index is -0.397. The Morgan fingerprint density at radius 3 is 2.76 bits per heavy atom. The number of benzene rings is 1. The minimum absolute atomic E-state index is 0.108. The normalized spacial score (nSPS) is 16.0. The third-order valence-electron chi connectivity index (χ3n) is 4.27. The summed E-state index contributed by atoms with van der Waals surface area (Å²) in [6, 6.07) is 9.15. The van der Waals surface area contributed by atoms with Crippen LogP contribution < -0.4 is 10.1 Å². The van der Waals surface area contributed by atoms with Gasteiger partial charge in [0.1, 0.15) is 10.8 Å². The summed E-state index contributed by atoms with van der Waals surface area (Å²) >= 11 is 1.47. The number of nitrogens with one attached hydrogen (secondary N) is 1. The molecule has 132 valence electrons. The smallest absolute Gasteiger partial charge is 0.341 e. The van der Waals surface area contributed by atoms with Gasteiger partial charge in [-0.2, -0.15) is 0 Å². The second kappa shape index (κ2) is 7.70. The lowest BCUT2D eigenvalue weighted by molar-refractivity contribution is -0.118. The molecule has 0 saturated heterocycles. The van der Waals surface area contributed by atoms with Crippen molar-refractivity contribution in [2.75, 3.05) is 19.0 Å². The largest absolute Gasteiger partial charge is 0.484 e. The molecule has 0 saturated carbocycles. The average Bonchev–Trinajstić information content (AvgIpc) is 2.97. The second-order valence-electron chi connectivity index (χ2n) is 6.20. The van der Waals surface area contributed by atoms with Gasteiger partial charge in [0, 0.05) is 4.88 Å². The van der Waals surface area contributed by atoms with Crippen LogP contribution in [0.15, 0.2) is 30.3 Å². The van der Waals surface area contributed by atoms with Crippen LogP contribution in [0.5, 0.6) is 5.75 Å². The van der Waals surface area contributed by atoms with Crippen molar-refractivity contribution in [3.8, 4) is 5.75 Å². The summed E-state index contributed by atoms with van der Waals surface area (Å²) in [4.78, 5) is 25.6. The molecule has 1 aromatic heterocycles. The monoisotopic (exact) mass is 359 g/mol. The molecule has 3 rings (SSSR count). The van der Waals surface area contributed by atoms with Crippen LogP contribution in [0.3, 0.4) is 0 Å². The van der Waals surface area contributed by atoms with E-state index in [1.54, 1.807) is 12.1 Å². The molecule has 1 aliphatic carbocycles. The molecule has 1 heterocycles. The minimum Gasteiger partial charge on any atom is -0.484 e. The highest BCUT2D eigenvalue weighted by atomic mass is 32.1. The van der Waals surface area contributed by atoms with E-state index in [1.165, 1.54) is 23.3 Å². The first-order valence-electron chi connectivity index (χ1n) is 8.29. The zero-order chi connectivity index (χ0) is 17.8. The van der Waals surface area contributed by atoms with Crippen molar-refractivity contribution in [2.24, 2.45) is 5.92 Å². The number of rotatable bonds is 5. The van der Waals surface area contributed by atoms with E-state index in [0.29, 0.717) is 22.2 Å². The third kappa shape index (κ3) is 4.02. The Balaban J connectivity index is 1.75. The zero-order valence-electron chi connectivity index (χ0n) is 14.3. The van der Waals surface area contributed by atoms with Crippen LogP contribution in [0.1, 0.15) is 34.1 Å². The molecule has 1 aromatic carbocycles. The average molecular weight is 359 g/mol. The highest BCUT2D eigenvalue weighted by Crippen LogP contribution is 2.40. The Morgan fingerprint density at radius 2 is 2.04 bits per heavy atom. The highest BCUT2D eigenvalue weighted by Gasteiger charge is 2.28. The summed E-state index contributed by atoms with van der Waals surface area (Å²) in [6.45, 7) is 2.09. The number of amides is 1. The number of para-hydroxylation sites is 1. The molecular weight excluding hydrogens is 338 g/mol. The van der Waals surface area contributed by atoms with Gasteiger partial charge < -0.3 is 14.8 Å². The number of methoxy groups -OCH3 is 1. The molecule has 1 atom stereocenters. The van der Waals surface area contributed by atoms with Crippen molar-refractivity contribution in [2.45, 2.75) is 26.2 Å². The van der Waals surface area contributed by atoms with E-state index in [-0.39, 0.29) is 12.5 Å². The molecule has 0 aliphatic heterocycles. The molecule has 0 unspecified atom stereocenters. The van der Waals surface area contributed by atoms with Crippen molar-refractivity contribution in [3.63, 3.8) is 0 Å². The van der Waals surface area contributed by atoms with Gasteiger partial charge in [-0.3, -0.25) is 4.79 Å². The number of hydrogen-bond donors (Lipinski definition) is 1. The number of carbonyl (C=O) groups is 2. The standard InChI is InChI=1S/C19H21NO4S/c1-12-8-9-14-15(10-12)25-18(17(14)19(22)23-2)20-16(21)11-24-13-6-4-3-5-7-13/h3-7,12H,8-11H2,1-2H3,(H,20,21)/t12-/m1/s1. The van der Waals surface area contributed by atoms with E-state index in [4.69, 9.17) is 9.47 Å². The molecule has 0 bridgehead atoms. The number of ether oxygens (including phenoxy) is 2. The quantitative estimate of drug-likeness (QED) is 0.827. The Labute approximate surface area is 151 Å². The summed E-state index contributed by atoms with van der Waals surface area (Å²) in [6.07, 6.45) is 2.81. The number of anilines is 1. The predicted molar refractivity (Wildman–Crippen MR) is 97.4 cm³/mol. The first-order valence-corrected chi connectivity index (χ1v) is 9.10. The number of hydrogen-bond acceptors (Lipinski definition) is 5. The van der Waals surface area contributed by atoms with Gasteiger partial charge in [-0.1, -0.05) is 25.1 Å². The van der Waals surface area contributed by atoms with Crippen molar-refractivity contribution in [1.82, 2.24) is 0 Å². The van der Waals surface area contributed by atoms with Gasteiger partial charge in [-0.05, 0) is 42.9 Å². The fourth-order valence-electron chi connectivity index (χ4n) is 2.99. The summed E-state index contributed by atoms with van der Waals surface area (Å²) in [7, 11) is 1.36. The Morgan fingerprint density at radius 1 is 1.28 bits per heavy atom. The van der Waals surface area contributed by atoms with Gasteiger partial charge in [-0.15, -0.1) is 11.3 Å². The lowest BCUT2D eigenvalue weighted by Crippen LogP contribution is -2.21. The van der Waals surface area contributed by atoms with Crippen LogP contribution in [-0.2, 0) is 22.4 Å². The van der Waals surface area contributed by atoms with Crippen LogP contribution in [0.25, 0.3) is 0 Å². The van der Waals surface area contributed by atoms with E-state index in [2.05, 4.69) is 12.2 Å². The molecule has 0 spiro atoms. The van der Waals surface area contributed by atoms with Gasteiger partial charge in [0.05, 0.1) is 12.7 Å². The maximum atomic E-state index is 12.2. The Kier molecular flexibility index (Phi) is 5.38. The predicted octanol–water partition coefficient (Wildman–Crippen LogP) is 3.68. The Hall–Kier alpha value is -2.34. The SMILES string of the molecule is COC(=O)c1c(NC(=O)COc2ccccc2)sc2c1CC[C@@H](C)C2. The van der Waals surface area contributed by atoms with E-state index < -0.39 is 5.97 Å². The van der Waals surface area contributed by atoms with Gasteiger partial charge in [0.25, 0.3) is 5.91 Å². The molecule has 1 aliphatic rings. The first kappa shape index (κ1) is 17.5. The summed E-state index contributed by atoms with van der Waals surface area (Å²) < 4.78 is 10.4. The third-order valence-corrected chi connectivity index (χ3v) is 5.44. The number of thiophene rings is 1. The molecule has 1 amide bonds. The molecule has 25 heavy (non-hydrogen) atoms. The van der Waals surface area contributed by atoms with Crippen LogP contribution in [0.2, 0.25) is 0 Å². The molecular formula is C19H21NO4S. The lowest BCUT2D eigenvalue weighted by Gasteiger charge is -2.18.